The van der Waals surface area contributed by atoms with Crippen molar-refractivity contribution in [2.24, 2.45) is 5.84 Å². The summed E-state index contributed by atoms with van der Waals surface area (Å²) in [5, 5.41) is 0. The average molecular weight is 255 g/mol. The lowest BCUT2D eigenvalue weighted by atomic mass is 10.00. The Hall–Kier alpha value is -1.71. The molecule has 3 N–H and O–H groups in total. The maximum Gasteiger partial charge on any atom is 0.0475 e. The molecule has 0 spiro atoms. The van der Waals surface area contributed by atoms with E-state index in [4.69, 9.17) is 5.84 Å². The van der Waals surface area contributed by atoms with Crippen molar-refractivity contribution in [1.29, 1.82) is 0 Å². The van der Waals surface area contributed by atoms with Gasteiger partial charge in [0.05, 0.1) is 0 Å². The minimum Gasteiger partial charge on any atom is -0.271 e. The first-order valence-corrected chi connectivity index (χ1v) is 6.71. The van der Waals surface area contributed by atoms with Crippen LogP contribution in [0.15, 0.2) is 48.8 Å². The fourth-order valence-electron chi connectivity index (χ4n) is 2.27. The molecule has 0 fully saturated rings. The topological polar surface area (TPSA) is 50.9 Å². The molecule has 0 bridgehead atoms. The summed E-state index contributed by atoms with van der Waals surface area (Å²) >= 11 is 0. The second-order valence-electron chi connectivity index (χ2n) is 4.89. The monoisotopic (exact) mass is 255 g/mol. The highest BCUT2D eigenvalue weighted by molar-refractivity contribution is 5.20. The average Bonchev–Trinajstić information content (AvgIpc) is 2.45. The third-order valence-corrected chi connectivity index (χ3v) is 3.30. The number of pyridine rings is 1. The highest BCUT2D eigenvalue weighted by Gasteiger charge is 2.09. The van der Waals surface area contributed by atoms with E-state index in [1.54, 1.807) is 0 Å². The predicted molar refractivity (Wildman–Crippen MR) is 78.4 cm³/mol. The zero-order chi connectivity index (χ0) is 13.5. The zero-order valence-electron chi connectivity index (χ0n) is 11.3. The molecule has 3 nitrogen and oxygen atoms in total. The third-order valence-electron chi connectivity index (χ3n) is 3.30. The van der Waals surface area contributed by atoms with Crippen LogP contribution in [0.4, 0.5) is 0 Å². The van der Waals surface area contributed by atoms with Gasteiger partial charge in [-0.3, -0.25) is 16.3 Å². The summed E-state index contributed by atoms with van der Waals surface area (Å²) in [6, 6.07) is 12.9. The van der Waals surface area contributed by atoms with Crippen LogP contribution in [0.5, 0.6) is 0 Å². The number of aryl methyl sites for hydroxylation is 2. The second-order valence-corrected chi connectivity index (χ2v) is 4.89. The van der Waals surface area contributed by atoms with E-state index < -0.39 is 0 Å². The van der Waals surface area contributed by atoms with Gasteiger partial charge in [-0.15, -0.1) is 0 Å². The molecule has 1 aromatic carbocycles. The molecule has 0 aliphatic rings. The fraction of sp³-hybridized carbons (Fsp3) is 0.312. The molecule has 1 atom stereocenters. The minimum atomic E-state index is 0.177. The number of benzene rings is 1. The maximum atomic E-state index is 5.66. The van der Waals surface area contributed by atoms with E-state index in [1.165, 1.54) is 11.1 Å². The molecule has 19 heavy (non-hydrogen) atoms. The molecule has 1 heterocycles. The van der Waals surface area contributed by atoms with Crippen molar-refractivity contribution in [1.82, 2.24) is 10.4 Å². The van der Waals surface area contributed by atoms with Crippen LogP contribution in [-0.4, -0.2) is 4.98 Å². The molecule has 2 aromatic rings. The molecule has 3 heteroatoms. The molecular weight excluding hydrogens is 234 g/mol. The number of nitrogens with one attached hydrogen (secondary N) is 1. The van der Waals surface area contributed by atoms with Crippen LogP contribution in [0, 0.1) is 6.92 Å². The van der Waals surface area contributed by atoms with Crippen LogP contribution in [0.25, 0.3) is 0 Å². The molecule has 0 saturated carbocycles. The summed E-state index contributed by atoms with van der Waals surface area (Å²) in [5.41, 5.74) is 6.60. The van der Waals surface area contributed by atoms with E-state index in [9.17, 15) is 0 Å². The zero-order valence-corrected chi connectivity index (χ0v) is 11.3. The predicted octanol–water partition coefficient (Wildman–Crippen LogP) is 2.92. The molecule has 1 unspecified atom stereocenters. The normalized spacial score (nSPS) is 12.3. The van der Waals surface area contributed by atoms with Crippen molar-refractivity contribution in [2.45, 2.75) is 32.2 Å². The van der Waals surface area contributed by atoms with E-state index in [0.29, 0.717) is 0 Å². The Labute approximate surface area is 114 Å². The smallest absolute Gasteiger partial charge is 0.0475 e. The van der Waals surface area contributed by atoms with Crippen molar-refractivity contribution in [3.05, 3.63) is 65.5 Å². The van der Waals surface area contributed by atoms with Gasteiger partial charge in [0.1, 0.15) is 0 Å². The Morgan fingerprint density at radius 3 is 2.68 bits per heavy atom. The molecule has 0 amide bonds. The van der Waals surface area contributed by atoms with E-state index in [2.05, 4.69) is 40.7 Å². The first kappa shape index (κ1) is 13.7. The summed E-state index contributed by atoms with van der Waals surface area (Å²) in [5.74, 6) is 5.66. The number of hydrazine groups is 1. The van der Waals surface area contributed by atoms with Crippen LogP contribution < -0.4 is 11.3 Å². The molecule has 1 aromatic heterocycles. The first-order chi connectivity index (χ1) is 9.29. The summed E-state index contributed by atoms with van der Waals surface area (Å²) < 4.78 is 0. The molecule has 0 saturated heterocycles. The number of rotatable bonds is 6. The number of nitrogens with zero attached hydrogens (tertiary/aromatic N) is 1. The van der Waals surface area contributed by atoms with Gasteiger partial charge < -0.3 is 0 Å². The Kier molecular flexibility index (Phi) is 5.07. The van der Waals surface area contributed by atoms with Crippen LogP contribution in [0.1, 0.15) is 35.6 Å². The SMILES string of the molecule is Cc1cncc(C(CCCc2ccccc2)NN)c1. The Morgan fingerprint density at radius 1 is 1.21 bits per heavy atom. The van der Waals surface area contributed by atoms with Gasteiger partial charge in [-0.1, -0.05) is 36.4 Å². The Bertz CT molecular complexity index is 496. The third kappa shape index (κ3) is 4.16. The largest absolute Gasteiger partial charge is 0.271 e. The summed E-state index contributed by atoms with van der Waals surface area (Å²) in [4.78, 5) is 4.22. The Balaban J connectivity index is 1.89. The van der Waals surface area contributed by atoms with Gasteiger partial charge >= 0.3 is 0 Å². The fourth-order valence-corrected chi connectivity index (χ4v) is 2.27. The second kappa shape index (κ2) is 7.02. The summed E-state index contributed by atoms with van der Waals surface area (Å²) in [6.07, 6.45) is 6.95. The lowest BCUT2D eigenvalue weighted by Gasteiger charge is -2.16. The molecule has 100 valence electrons. The van der Waals surface area contributed by atoms with Gasteiger partial charge in [0.2, 0.25) is 0 Å². The van der Waals surface area contributed by atoms with E-state index in [0.717, 1.165) is 24.8 Å². The first-order valence-electron chi connectivity index (χ1n) is 6.71. The van der Waals surface area contributed by atoms with Gasteiger partial charge in [0, 0.05) is 18.4 Å². The molecule has 0 aliphatic heterocycles. The maximum absolute atomic E-state index is 5.66. The van der Waals surface area contributed by atoms with Crippen LogP contribution in [0.2, 0.25) is 0 Å². The van der Waals surface area contributed by atoms with Crippen LogP contribution in [0.3, 0.4) is 0 Å². The number of hydrogen-bond donors (Lipinski definition) is 2. The van der Waals surface area contributed by atoms with Crippen LogP contribution in [-0.2, 0) is 6.42 Å². The van der Waals surface area contributed by atoms with E-state index in [1.807, 2.05) is 25.4 Å². The van der Waals surface area contributed by atoms with Crippen molar-refractivity contribution < 1.29 is 0 Å². The van der Waals surface area contributed by atoms with Gasteiger partial charge in [-0.2, -0.15) is 0 Å². The van der Waals surface area contributed by atoms with Gasteiger partial charge in [-0.05, 0) is 42.9 Å². The summed E-state index contributed by atoms with van der Waals surface area (Å²) in [6.45, 7) is 2.05. The van der Waals surface area contributed by atoms with Crippen molar-refractivity contribution in [3.8, 4) is 0 Å². The molecule has 0 radical (unpaired) electrons. The van der Waals surface area contributed by atoms with Crippen molar-refractivity contribution in [2.75, 3.05) is 0 Å². The molecule has 0 aliphatic carbocycles. The van der Waals surface area contributed by atoms with Crippen molar-refractivity contribution >= 4 is 0 Å². The van der Waals surface area contributed by atoms with E-state index in [-0.39, 0.29) is 6.04 Å². The molecular formula is C16H21N3. The number of nitrogens with two attached hydrogens (primary N) is 1. The van der Waals surface area contributed by atoms with Crippen LogP contribution >= 0.6 is 0 Å². The molecule has 2 rings (SSSR count). The number of aromatic nitrogens is 1. The highest BCUT2D eigenvalue weighted by Crippen LogP contribution is 2.19. The summed E-state index contributed by atoms with van der Waals surface area (Å²) in [7, 11) is 0. The lowest BCUT2D eigenvalue weighted by molar-refractivity contribution is 0.497. The van der Waals surface area contributed by atoms with E-state index >= 15 is 0 Å². The minimum absolute atomic E-state index is 0.177. The van der Waals surface area contributed by atoms with Gasteiger partial charge in [-0.25, -0.2) is 0 Å². The lowest BCUT2D eigenvalue weighted by Crippen LogP contribution is -2.28. The highest BCUT2D eigenvalue weighted by atomic mass is 15.2. The van der Waals surface area contributed by atoms with Gasteiger partial charge in [0.15, 0.2) is 0 Å². The van der Waals surface area contributed by atoms with Gasteiger partial charge in [0.25, 0.3) is 0 Å². The number of hydrogen-bond acceptors (Lipinski definition) is 3. The standard InChI is InChI=1S/C16H21N3/c1-13-10-15(12-18-11-13)16(19-17)9-5-8-14-6-3-2-4-7-14/h2-4,6-7,10-12,16,19H,5,8-9,17H2,1H3. The quantitative estimate of drug-likeness (QED) is 0.616. The van der Waals surface area contributed by atoms with Crippen molar-refractivity contribution in [3.63, 3.8) is 0 Å². The Morgan fingerprint density at radius 2 is 2.00 bits per heavy atom.